The molecular formula is C7H11NO2P+. The van der Waals surface area contributed by atoms with E-state index in [0.29, 0.717) is 5.30 Å². The second kappa shape index (κ2) is 4.19. The van der Waals surface area contributed by atoms with E-state index in [-0.39, 0.29) is 6.15 Å². The van der Waals surface area contributed by atoms with Crippen LogP contribution in [0.15, 0.2) is 24.3 Å². The van der Waals surface area contributed by atoms with Crippen molar-refractivity contribution < 1.29 is 9.46 Å². The van der Waals surface area contributed by atoms with Crippen molar-refractivity contribution in [3.05, 3.63) is 29.8 Å². The lowest BCUT2D eigenvalue weighted by Crippen LogP contribution is -1.93. The molecule has 0 aliphatic heterocycles. The molecule has 0 aliphatic rings. The Kier molecular flexibility index (Phi) is 3.90. The Morgan fingerprint density at radius 1 is 1.27 bits per heavy atom. The van der Waals surface area contributed by atoms with Gasteiger partial charge < -0.3 is 6.15 Å². The summed E-state index contributed by atoms with van der Waals surface area (Å²) in [5.41, 5.74) is 1.10. The molecule has 0 heterocycles. The smallest absolute Gasteiger partial charge is 0.344 e. The number of rotatable bonds is 1. The van der Waals surface area contributed by atoms with Crippen molar-refractivity contribution in [1.29, 1.82) is 0 Å². The summed E-state index contributed by atoms with van der Waals surface area (Å²) in [7, 11) is -2.16. The highest BCUT2D eigenvalue weighted by atomic mass is 31.1. The molecule has 4 N–H and O–H groups in total. The molecule has 3 nitrogen and oxygen atoms in total. The van der Waals surface area contributed by atoms with Crippen LogP contribution >= 0.6 is 8.03 Å². The fourth-order valence-electron chi connectivity index (χ4n) is 0.672. The van der Waals surface area contributed by atoms with E-state index in [2.05, 4.69) is 0 Å². The molecule has 0 radical (unpaired) electrons. The van der Waals surface area contributed by atoms with Gasteiger partial charge >= 0.3 is 8.03 Å². The maximum absolute atomic E-state index is 10.5. The monoisotopic (exact) mass is 172 g/mol. The zero-order valence-electron chi connectivity index (χ0n) is 6.32. The number of aryl methyl sites for hydroxylation is 1. The molecule has 1 unspecified atom stereocenters. The van der Waals surface area contributed by atoms with Crippen molar-refractivity contribution in [3.63, 3.8) is 0 Å². The third-order valence-corrected chi connectivity index (χ3v) is 1.99. The first-order valence-corrected chi connectivity index (χ1v) is 4.14. The topological polar surface area (TPSA) is 72.3 Å². The summed E-state index contributed by atoms with van der Waals surface area (Å²) in [6.07, 6.45) is 0. The van der Waals surface area contributed by atoms with E-state index >= 15 is 0 Å². The third-order valence-electron chi connectivity index (χ3n) is 1.25. The van der Waals surface area contributed by atoms with Crippen LogP contribution in [-0.4, -0.2) is 4.89 Å². The normalized spacial score (nSPS) is 10.2. The molecule has 0 aromatic heterocycles. The van der Waals surface area contributed by atoms with Crippen LogP contribution in [0, 0.1) is 6.92 Å². The van der Waals surface area contributed by atoms with Crippen LogP contribution in [0.4, 0.5) is 0 Å². The van der Waals surface area contributed by atoms with Gasteiger partial charge in [-0.05, 0) is 23.6 Å². The van der Waals surface area contributed by atoms with Gasteiger partial charge in [0.2, 0.25) is 5.30 Å². The van der Waals surface area contributed by atoms with Crippen molar-refractivity contribution in [2.24, 2.45) is 0 Å². The van der Waals surface area contributed by atoms with Crippen LogP contribution in [0.25, 0.3) is 0 Å². The van der Waals surface area contributed by atoms with Gasteiger partial charge in [-0.3, -0.25) is 0 Å². The van der Waals surface area contributed by atoms with Gasteiger partial charge in [0, 0.05) is 0 Å². The average Bonchev–Trinajstić information content (AvgIpc) is 1.88. The highest BCUT2D eigenvalue weighted by Gasteiger charge is 2.13. The second-order valence-electron chi connectivity index (χ2n) is 2.11. The fourth-order valence-corrected chi connectivity index (χ4v) is 1.08. The van der Waals surface area contributed by atoms with E-state index in [0.717, 1.165) is 5.56 Å². The number of benzene rings is 1. The minimum atomic E-state index is -2.16. The Hall–Kier alpha value is -0.760. The first-order valence-electron chi connectivity index (χ1n) is 2.93. The van der Waals surface area contributed by atoms with Crippen molar-refractivity contribution in [3.8, 4) is 0 Å². The lowest BCUT2D eigenvalue weighted by Gasteiger charge is -1.85. The summed E-state index contributed by atoms with van der Waals surface area (Å²) >= 11 is 0. The maximum Gasteiger partial charge on any atom is 0.546 e. The molecule has 1 atom stereocenters. The van der Waals surface area contributed by atoms with Gasteiger partial charge in [-0.15, -0.1) is 0 Å². The second-order valence-corrected chi connectivity index (χ2v) is 3.17. The molecule has 0 bridgehead atoms. The van der Waals surface area contributed by atoms with Crippen molar-refractivity contribution in [1.82, 2.24) is 6.15 Å². The minimum Gasteiger partial charge on any atom is -0.344 e. The van der Waals surface area contributed by atoms with E-state index in [1.54, 1.807) is 12.1 Å². The summed E-state index contributed by atoms with van der Waals surface area (Å²) in [6, 6.07) is 6.96. The molecule has 1 rings (SSSR count). The van der Waals surface area contributed by atoms with E-state index in [1.165, 1.54) is 0 Å². The molecule has 0 fully saturated rings. The van der Waals surface area contributed by atoms with Crippen molar-refractivity contribution >= 4 is 13.3 Å². The van der Waals surface area contributed by atoms with Crippen molar-refractivity contribution in [2.75, 3.05) is 0 Å². The zero-order valence-corrected chi connectivity index (χ0v) is 7.21. The predicted molar refractivity (Wildman–Crippen MR) is 45.7 cm³/mol. The molecule has 60 valence electrons. The number of hydrogen-bond donors (Lipinski definition) is 2. The summed E-state index contributed by atoms with van der Waals surface area (Å²) < 4.78 is 10.5. The molecule has 0 spiro atoms. The summed E-state index contributed by atoms with van der Waals surface area (Å²) in [6.45, 7) is 1.94. The standard InChI is InChI=1S/C7H7O2P.H3N/c1-6-2-4-7(5-3-6)10(8)9;/h2-5H,1H3;1H3/p+1. The molecule has 4 heteroatoms. The quantitative estimate of drug-likeness (QED) is 0.630. The van der Waals surface area contributed by atoms with Crippen LogP contribution in [0.2, 0.25) is 0 Å². The van der Waals surface area contributed by atoms with Gasteiger partial charge in [-0.25, -0.2) is 0 Å². The van der Waals surface area contributed by atoms with Crippen LogP contribution in [0.5, 0.6) is 0 Å². The lowest BCUT2D eigenvalue weighted by molar-refractivity contribution is 0.513. The average molecular weight is 172 g/mol. The number of hydrogen-bond acceptors (Lipinski definition) is 2. The van der Waals surface area contributed by atoms with Gasteiger partial charge in [0.1, 0.15) is 0 Å². The maximum atomic E-state index is 10.5. The molecular weight excluding hydrogens is 161 g/mol. The zero-order chi connectivity index (χ0) is 7.56. The SMILES string of the molecule is Cc1ccc([P+](=O)O)cc1.N. The molecule has 0 saturated heterocycles. The molecule has 1 aromatic carbocycles. The fraction of sp³-hybridized carbons (Fsp3) is 0.143. The molecule has 0 aliphatic carbocycles. The highest BCUT2D eigenvalue weighted by molar-refractivity contribution is 7.47. The van der Waals surface area contributed by atoms with Crippen LogP contribution in [0.1, 0.15) is 5.56 Å². The molecule has 11 heavy (non-hydrogen) atoms. The molecule has 0 amide bonds. The Bertz CT molecular complexity index is 245. The highest BCUT2D eigenvalue weighted by Crippen LogP contribution is 2.12. The van der Waals surface area contributed by atoms with Gasteiger partial charge in [-0.1, -0.05) is 17.7 Å². The summed E-state index contributed by atoms with van der Waals surface area (Å²) in [4.78, 5) is 8.62. The van der Waals surface area contributed by atoms with Crippen LogP contribution in [-0.2, 0) is 4.57 Å². The van der Waals surface area contributed by atoms with Gasteiger partial charge in [0.25, 0.3) is 0 Å². The Morgan fingerprint density at radius 3 is 2.09 bits per heavy atom. The molecule has 1 aromatic rings. The Labute approximate surface area is 66.5 Å². The van der Waals surface area contributed by atoms with E-state index in [9.17, 15) is 4.57 Å². The first-order chi connectivity index (χ1) is 4.70. The largest absolute Gasteiger partial charge is 0.546 e. The van der Waals surface area contributed by atoms with E-state index < -0.39 is 8.03 Å². The summed E-state index contributed by atoms with van der Waals surface area (Å²) in [5, 5.41) is 0.487. The van der Waals surface area contributed by atoms with Crippen LogP contribution < -0.4 is 11.5 Å². The Balaban J connectivity index is 0.000001000. The predicted octanol–water partition coefficient (Wildman–Crippen LogP) is 1.52. The summed E-state index contributed by atoms with van der Waals surface area (Å²) in [5.74, 6) is 0. The van der Waals surface area contributed by atoms with Gasteiger partial charge in [0.05, 0.1) is 0 Å². The van der Waals surface area contributed by atoms with E-state index in [1.807, 2.05) is 19.1 Å². The van der Waals surface area contributed by atoms with E-state index in [4.69, 9.17) is 4.89 Å². The van der Waals surface area contributed by atoms with Gasteiger partial charge in [-0.2, -0.15) is 4.89 Å². The lowest BCUT2D eigenvalue weighted by atomic mass is 10.2. The first kappa shape index (κ1) is 10.2. The Morgan fingerprint density at radius 2 is 1.73 bits per heavy atom. The minimum absolute atomic E-state index is 0. The van der Waals surface area contributed by atoms with Crippen LogP contribution in [0.3, 0.4) is 0 Å². The third kappa shape index (κ3) is 2.76. The molecule has 0 saturated carbocycles. The van der Waals surface area contributed by atoms with Gasteiger partial charge in [0.15, 0.2) is 0 Å². The van der Waals surface area contributed by atoms with Crippen molar-refractivity contribution in [2.45, 2.75) is 6.92 Å².